The number of hydrogen-bond donors (Lipinski definition) is 1. The van der Waals surface area contributed by atoms with Crippen molar-refractivity contribution in [2.24, 2.45) is 52.3 Å². The molecule has 268 valence electrons. The topological polar surface area (TPSA) is 57.2 Å². The van der Waals surface area contributed by atoms with Crippen molar-refractivity contribution in [2.45, 2.75) is 175 Å². The van der Waals surface area contributed by atoms with Crippen molar-refractivity contribution in [3.8, 4) is 0 Å². The largest absolute Gasteiger partial charge is 0.417 e. The number of aliphatic hydroxyl groups is 1. The van der Waals surface area contributed by atoms with Gasteiger partial charge in [-0.1, -0.05) is 69.2 Å². The fourth-order valence-corrected chi connectivity index (χ4v) is 13.2. The van der Waals surface area contributed by atoms with Gasteiger partial charge in [-0.15, -0.1) is 0 Å². The van der Waals surface area contributed by atoms with Crippen molar-refractivity contribution in [1.29, 1.82) is 0 Å². The first-order chi connectivity index (χ1) is 21.0. The van der Waals surface area contributed by atoms with Crippen LogP contribution in [0, 0.1) is 52.3 Å². The minimum atomic E-state index is -1.92. The predicted octanol–water partition coefficient (Wildman–Crippen LogP) is 10.0. The monoisotopic (exact) mass is 679 g/mol. The first-order valence-electron chi connectivity index (χ1n) is 19.3. The standard InChI is InChI=1S/C39H74O5Si2/c1-26-15-20-39(41-24-26)27(2)34-33(43-39)22-32-30(23-40)31(17-19-38(32,34)10)37(9)18-16-29(44-46(13,14)36(6,7)8)21-28(37)25-42-45(11,12)35(3,4)5/h26-34,40H,15-25H2,1-14H3/t26-,27+,28+,29+,30-,31+,32+,33+,34+,37+,38+,39?/m1/s1. The number of aliphatic hydroxyl groups excluding tert-OH is 1. The molecule has 0 aromatic rings. The SMILES string of the molecule is C[C@@H]1CCC2(OC1)O[C@H]1C[C@H]3[C@H](CO)[C@@H]([C@@]4(C)CC[C@H](O[Si](C)(C)C(C)(C)C)C[C@H]4CO[Si](C)(C)C(C)(C)C)CC[C@]3(C)[C@H]1[C@@H]2C. The summed E-state index contributed by atoms with van der Waals surface area (Å²) in [6.07, 6.45) is 9.66. The molecule has 0 aromatic carbocycles. The molecule has 46 heavy (non-hydrogen) atoms. The van der Waals surface area contributed by atoms with Gasteiger partial charge in [0.05, 0.1) is 12.7 Å². The number of rotatable bonds is 7. The first kappa shape index (κ1) is 37.5. The van der Waals surface area contributed by atoms with Crippen LogP contribution in [0.5, 0.6) is 0 Å². The summed E-state index contributed by atoms with van der Waals surface area (Å²) in [4.78, 5) is 0. The number of ether oxygens (including phenoxy) is 2. The van der Waals surface area contributed by atoms with Crippen molar-refractivity contribution in [2.75, 3.05) is 19.8 Å². The van der Waals surface area contributed by atoms with Crippen LogP contribution in [0.4, 0.5) is 0 Å². The second kappa shape index (κ2) is 12.5. The maximum Gasteiger partial charge on any atom is 0.192 e. The molecule has 2 heterocycles. The lowest BCUT2D eigenvalue weighted by molar-refractivity contribution is -0.273. The Balaban J connectivity index is 1.39. The molecule has 3 saturated carbocycles. The van der Waals surface area contributed by atoms with Gasteiger partial charge in [-0.25, -0.2) is 0 Å². The van der Waals surface area contributed by atoms with Crippen LogP contribution in [0.15, 0.2) is 0 Å². The Morgan fingerprint density at radius 2 is 1.43 bits per heavy atom. The highest BCUT2D eigenvalue weighted by atomic mass is 28.4. The smallest absolute Gasteiger partial charge is 0.192 e. The molecular formula is C39H74O5Si2. The molecule has 0 bridgehead atoms. The van der Waals surface area contributed by atoms with E-state index in [0.717, 1.165) is 45.3 Å². The van der Waals surface area contributed by atoms with Gasteiger partial charge in [0, 0.05) is 31.7 Å². The van der Waals surface area contributed by atoms with E-state index < -0.39 is 16.6 Å². The van der Waals surface area contributed by atoms with Crippen molar-refractivity contribution in [1.82, 2.24) is 0 Å². The second-order valence-corrected chi connectivity index (χ2v) is 30.2. The van der Waals surface area contributed by atoms with Crippen molar-refractivity contribution in [3.05, 3.63) is 0 Å². The molecule has 1 N–H and O–H groups in total. The molecule has 5 rings (SSSR count). The van der Waals surface area contributed by atoms with Gasteiger partial charge in [0.2, 0.25) is 0 Å². The lowest BCUT2D eigenvalue weighted by Crippen LogP contribution is -2.55. The van der Waals surface area contributed by atoms with E-state index in [1.165, 1.54) is 19.3 Å². The summed E-state index contributed by atoms with van der Waals surface area (Å²) in [6, 6.07) is 0. The molecule has 0 amide bonds. The Bertz CT molecular complexity index is 1070. The molecule has 2 aliphatic heterocycles. The molecule has 5 fully saturated rings. The zero-order valence-electron chi connectivity index (χ0n) is 32.6. The van der Waals surface area contributed by atoms with Gasteiger partial charge in [-0.2, -0.15) is 0 Å². The summed E-state index contributed by atoms with van der Waals surface area (Å²) < 4.78 is 27.8. The van der Waals surface area contributed by atoms with Crippen LogP contribution >= 0.6 is 0 Å². The van der Waals surface area contributed by atoms with E-state index in [4.69, 9.17) is 18.3 Å². The van der Waals surface area contributed by atoms with Gasteiger partial charge in [-0.05, 0) is 128 Å². The van der Waals surface area contributed by atoms with Crippen molar-refractivity contribution in [3.63, 3.8) is 0 Å². The molecule has 5 nitrogen and oxygen atoms in total. The van der Waals surface area contributed by atoms with Gasteiger partial charge in [-0.3, -0.25) is 0 Å². The quantitative estimate of drug-likeness (QED) is 0.272. The van der Waals surface area contributed by atoms with Crippen LogP contribution in [0.3, 0.4) is 0 Å². The molecule has 0 aromatic heterocycles. The average molecular weight is 679 g/mol. The Morgan fingerprint density at radius 3 is 2.00 bits per heavy atom. The highest BCUT2D eigenvalue weighted by Gasteiger charge is 2.68. The maximum atomic E-state index is 11.3. The zero-order valence-corrected chi connectivity index (χ0v) is 34.6. The van der Waals surface area contributed by atoms with E-state index in [9.17, 15) is 5.11 Å². The van der Waals surface area contributed by atoms with E-state index >= 15 is 0 Å². The van der Waals surface area contributed by atoms with Crippen molar-refractivity contribution < 1.29 is 23.4 Å². The summed E-state index contributed by atoms with van der Waals surface area (Å²) in [6.45, 7) is 35.6. The van der Waals surface area contributed by atoms with Gasteiger partial charge in [0.1, 0.15) is 0 Å². The van der Waals surface area contributed by atoms with Crippen LogP contribution < -0.4 is 0 Å². The third-order valence-electron chi connectivity index (χ3n) is 16.0. The van der Waals surface area contributed by atoms with E-state index in [-0.39, 0.29) is 39.4 Å². The Labute approximate surface area is 286 Å². The summed E-state index contributed by atoms with van der Waals surface area (Å²) in [5.74, 6) is 2.88. The highest BCUT2D eigenvalue weighted by Crippen LogP contribution is 2.69. The summed E-state index contributed by atoms with van der Waals surface area (Å²) in [7, 11) is -3.80. The lowest BCUT2D eigenvalue weighted by Gasteiger charge is -2.58. The molecule has 1 spiro atoms. The summed E-state index contributed by atoms with van der Waals surface area (Å²) >= 11 is 0. The van der Waals surface area contributed by atoms with Crippen molar-refractivity contribution >= 4 is 16.6 Å². The molecule has 7 heteroatoms. The molecule has 1 unspecified atom stereocenters. The Kier molecular flexibility index (Phi) is 10.2. The molecule has 2 saturated heterocycles. The number of hydrogen-bond acceptors (Lipinski definition) is 5. The zero-order chi connectivity index (χ0) is 34.3. The third-order valence-corrected chi connectivity index (χ3v) is 25.0. The van der Waals surface area contributed by atoms with E-state index in [1.54, 1.807) is 0 Å². The van der Waals surface area contributed by atoms with Gasteiger partial charge < -0.3 is 23.4 Å². The van der Waals surface area contributed by atoms with Crippen LogP contribution in [0.25, 0.3) is 0 Å². The fraction of sp³-hybridized carbons (Fsp3) is 1.00. The average Bonchev–Trinajstić information content (AvgIpc) is 3.38. The minimum absolute atomic E-state index is 0.123. The highest BCUT2D eigenvalue weighted by molar-refractivity contribution is 6.74. The van der Waals surface area contributed by atoms with E-state index in [0.29, 0.717) is 47.5 Å². The molecule has 12 atom stereocenters. The first-order valence-corrected chi connectivity index (χ1v) is 25.1. The Hall–Kier alpha value is 0.234. The summed E-state index contributed by atoms with van der Waals surface area (Å²) in [5.41, 5.74) is 0.314. The fourth-order valence-electron chi connectivity index (χ4n) is 10.7. The molecule has 0 radical (unpaired) electrons. The third kappa shape index (κ3) is 6.34. The molecule has 5 aliphatic rings. The Morgan fingerprint density at radius 1 is 0.804 bits per heavy atom. The van der Waals surface area contributed by atoms with Gasteiger partial charge in [0.15, 0.2) is 22.4 Å². The van der Waals surface area contributed by atoms with Crippen LogP contribution in [0.2, 0.25) is 36.3 Å². The molecular weight excluding hydrogens is 605 g/mol. The van der Waals surface area contributed by atoms with Crippen LogP contribution in [-0.2, 0) is 18.3 Å². The normalized spacial score (nSPS) is 45.6. The summed E-state index contributed by atoms with van der Waals surface area (Å²) in [5, 5.41) is 11.7. The number of fused-ring (bicyclic) bond motifs is 3. The second-order valence-electron chi connectivity index (χ2n) is 20.6. The van der Waals surface area contributed by atoms with Gasteiger partial charge in [0.25, 0.3) is 0 Å². The predicted molar refractivity (Wildman–Crippen MR) is 195 cm³/mol. The van der Waals surface area contributed by atoms with E-state index in [2.05, 4.69) is 95.4 Å². The van der Waals surface area contributed by atoms with Crippen LogP contribution in [-0.4, -0.2) is 59.6 Å². The molecule has 3 aliphatic carbocycles. The van der Waals surface area contributed by atoms with E-state index in [1.807, 2.05) is 0 Å². The minimum Gasteiger partial charge on any atom is -0.417 e. The van der Waals surface area contributed by atoms with Gasteiger partial charge >= 0.3 is 0 Å². The lowest BCUT2D eigenvalue weighted by atomic mass is 9.48. The van der Waals surface area contributed by atoms with Crippen LogP contribution in [0.1, 0.15) is 121 Å². The maximum absolute atomic E-state index is 11.3.